The number of ether oxygens (including phenoxy) is 2. The minimum Gasteiger partial charge on any atom is -0.444 e. The summed E-state index contributed by atoms with van der Waals surface area (Å²) in [5.74, 6) is -0.0549. The topological polar surface area (TPSA) is 119 Å². The van der Waals surface area contributed by atoms with Crippen LogP contribution in [-0.2, 0) is 14.3 Å². The molecule has 4 rings (SSSR count). The zero-order chi connectivity index (χ0) is 25.0. The second-order valence-electron chi connectivity index (χ2n) is 9.71. The molecule has 3 heterocycles. The maximum absolute atomic E-state index is 14.6. The van der Waals surface area contributed by atoms with Crippen molar-refractivity contribution in [3.05, 3.63) is 30.2 Å². The molecule has 2 amide bonds. The molecule has 0 bridgehead atoms. The summed E-state index contributed by atoms with van der Waals surface area (Å²) < 4.78 is 25.1. The zero-order valence-electron chi connectivity index (χ0n) is 20.2. The number of nitrogens with zero attached hydrogens (tertiary/aromatic N) is 4. The minimum atomic E-state index is -0.598. The molecule has 2 aromatic rings. The van der Waals surface area contributed by atoms with Crippen LogP contribution in [0.25, 0.3) is 11.4 Å². The van der Waals surface area contributed by atoms with E-state index in [9.17, 15) is 14.0 Å². The van der Waals surface area contributed by atoms with Crippen LogP contribution in [0.1, 0.15) is 46.5 Å². The summed E-state index contributed by atoms with van der Waals surface area (Å²) in [7, 11) is 0. The van der Waals surface area contributed by atoms with Gasteiger partial charge in [0.15, 0.2) is 5.82 Å². The third kappa shape index (κ3) is 6.62. The normalized spacial score (nSPS) is 20.9. The fourth-order valence-corrected chi connectivity index (χ4v) is 4.12. The Morgan fingerprint density at radius 3 is 2.63 bits per heavy atom. The molecule has 35 heavy (non-hydrogen) atoms. The van der Waals surface area contributed by atoms with Crippen molar-refractivity contribution in [2.45, 2.75) is 64.1 Å². The molecule has 0 unspecified atom stereocenters. The molecular formula is C24H31FN6O4. The van der Waals surface area contributed by atoms with E-state index in [0.29, 0.717) is 30.6 Å². The number of hydrogen-bond donors (Lipinski definition) is 2. The highest BCUT2D eigenvalue weighted by molar-refractivity contribution is 5.94. The highest BCUT2D eigenvalue weighted by Gasteiger charge is 2.26. The molecule has 1 aliphatic heterocycles. The summed E-state index contributed by atoms with van der Waals surface area (Å²) in [5, 5.41) is 6.19. The lowest BCUT2D eigenvalue weighted by atomic mass is 9.91. The Bertz CT molecular complexity index is 1070. The first-order chi connectivity index (χ1) is 16.7. The molecule has 1 aliphatic carbocycles. The second kappa shape index (κ2) is 10.5. The number of halogens is 1. The molecule has 11 heteroatoms. The Hall–Kier alpha value is -3.34. The van der Waals surface area contributed by atoms with Gasteiger partial charge in [-0.15, -0.1) is 0 Å². The second-order valence-corrected chi connectivity index (χ2v) is 9.71. The van der Waals surface area contributed by atoms with Gasteiger partial charge in [0.05, 0.1) is 25.0 Å². The van der Waals surface area contributed by atoms with Crippen LogP contribution in [0.3, 0.4) is 0 Å². The molecule has 0 spiro atoms. The van der Waals surface area contributed by atoms with Crippen molar-refractivity contribution in [3.63, 3.8) is 0 Å². The van der Waals surface area contributed by atoms with Crippen LogP contribution in [-0.4, -0.2) is 64.4 Å². The quantitative estimate of drug-likeness (QED) is 0.661. The fourth-order valence-electron chi connectivity index (χ4n) is 4.12. The van der Waals surface area contributed by atoms with Crippen LogP contribution in [0.5, 0.6) is 0 Å². The van der Waals surface area contributed by atoms with Crippen molar-refractivity contribution in [2.75, 3.05) is 30.0 Å². The average molecular weight is 487 g/mol. The monoisotopic (exact) mass is 486 g/mol. The van der Waals surface area contributed by atoms with E-state index in [4.69, 9.17) is 9.47 Å². The van der Waals surface area contributed by atoms with Crippen molar-refractivity contribution < 1.29 is 23.5 Å². The third-order valence-electron chi connectivity index (χ3n) is 5.76. The molecular weight excluding hydrogens is 455 g/mol. The van der Waals surface area contributed by atoms with Crippen molar-refractivity contribution in [1.82, 2.24) is 20.3 Å². The number of anilines is 2. The van der Waals surface area contributed by atoms with Crippen LogP contribution in [0.2, 0.25) is 0 Å². The summed E-state index contributed by atoms with van der Waals surface area (Å²) in [5.41, 5.74) is -0.160. The van der Waals surface area contributed by atoms with Gasteiger partial charge >= 0.3 is 6.09 Å². The van der Waals surface area contributed by atoms with Crippen molar-refractivity contribution in [3.8, 4) is 11.4 Å². The first-order valence-corrected chi connectivity index (χ1v) is 11.8. The lowest BCUT2D eigenvalue weighted by Gasteiger charge is -2.30. The Balaban J connectivity index is 1.39. The van der Waals surface area contributed by atoms with Crippen molar-refractivity contribution in [2.24, 2.45) is 0 Å². The predicted octanol–water partition coefficient (Wildman–Crippen LogP) is 3.29. The summed E-state index contributed by atoms with van der Waals surface area (Å²) in [4.78, 5) is 38.6. The van der Waals surface area contributed by atoms with E-state index in [2.05, 4.69) is 25.6 Å². The standard InChI is InChI=1S/C24H31FN6O4/c1-24(2,3)35-23(33)28-16-9-7-15(8-10-16)27-22-26-13-17(25)21(30-22)18-5-4-6-19(29-18)31-11-12-34-14-20(31)32/h4-6,13,15-16H,7-12,14H2,1-3H3,(H,28,33)(H,26,27,30). The third-order valence-corrected chi connectivity index (χ3v) is 5.76. The van der Waals surface area contributed by atoms with Gasteiger partial charge < -0.3 is 20.1 Å². The van der Waals surface area contributed by atoms with Gasteiger partial charge in [0.2, 0.25) is 5.95 Å². The molecule has 0 radical (unpaired) electrons. The lowest BCUT2D eigenvalue weighted by molar-refractivity contribution is -0.125. The summed E-state index contributed by atoms with van der Waals surface area (Å²) in [6.45, 7) is 6.30. The number of rotatable bonds is 5. The maximum Gasteiger partial charge on any atom is 0.407 e. The molecule has 2 aromatic heterocycles. The van der Waals surface area contributed by atoms with Gasteiger partial charge in [-0.05, 0) is 58.6 Å². The molecule has 0 atom stereocenters. The first-order valence-electron chi connectivity index (χ1n) is 11.8. The number of amides is 2. The van der Waals surface area contributed by atoms with Crippen LogP contribution in [0.15, 0.2) is 24.4 Å². The number of hydrogen-bond acceptors (Lipinski definition) is 8. The van der Waals surface area contributed by atoms with Crippen LogP contribution < -0.4 is 15.5 Å². The summed E-state index contributed by atoms with van der Waals surface area (Å²) in [6, 6.07) is 5.21. The number of pyridine rings is 1. The van der Waals surface area contributed by atoms with Gasteiger partial charge in [0.25, 0.3) is 5.91 Å². The number of carbonyl (C=O) groups is 2. The largest absolute Gasteiger partial charge is 0.444 e. The van der Waals surface area contributed by atoms with E-state index in [-0.39, 0.29) is 30.3 Å². The Morgan fingerprint density at radius 2 is 1.91 bits per heavy atom. The van der Waals surface area contributed by atoms with E-state index in [1.807, 2.05) is 20.8 Å². The van der Waals surface area contributed by atoms with Gasteiger partial charge in [0.1, 0.15) is 23.7 Å². The van der Waals surface area contributed by atoms with E-state index >= 15 is 0 Å². The fraction of sp³-hybridized carbons (Fsp3) is 0.542. The highest BCUT2D eigenvalue weighted by atomic mass is 19.1. The van der Waals surface area contributed by atoms with Gasteiger partial charge in [-0.3, -0.25) is 9.69 Å². The van der Waals surface area contributed by atoms with Gasteiger partial charge in [0, 0.05) is 12.1 Å². The van der Waals surface area contributed by atoms with Crippen LogP contribution >= 0.6 is 0 Å². The molecule has 1 saturated heterocycles. The SMILES string of the molecule is CC(C)(C)OC(=O)NC1CCC(Nc2ncc(F)c(-c3cccc(N4CCOCC4=O)n3)n2)CC1. The predicted molar refractivity (Wildman–Crippen MR) is 127 cm³/mol. The van der Waals surface area contributed by atoms with Gasteiger partial charge in [-0.25, -0.2) is 24.1 Å². The van der Waals surface area contributed by atoms with Gasteiger partial charge in [-0.1, -0.05) is 6.07 Å². The van der Waals surface area contributed by atoms with Crippen LogP contribution in [0.4, 0.5) is 21.0 Å². The molecule has 188 valence electrons. The molecule has 1 saturated carbocycles. The summed E-state index contributed by atoms with van der Waals surface area (Å²) in [6.07, 6.45) is 3.86. The molecule has 2 N–H and O–H groups in total. The smallest absolute Gasteiger partial charge is 0.407 e. The van der Waals surface area contributed by atoms with Crippen molar-refractivity contribution in [1.29, 1.82) is 0 Å². The zero-order valence-corrected chi connectivity index (χ0v) is 20.2. The first kappa shape index (κ1) is 24.8. The number of morpholine rings is 1. The minimum absolute atomic E-state index is 0.00260. The van der Waals surface area contributed by atoms with Crippen molar-refractivity contribution >= 4 is 23.8 Å². The summed E-state index contributed by atoms with van der Waals surface area (Å²) >= 11 is 0. The van der Waals surface area contributed by atoms with E-state index < -0.39 is 17.5 Å². The molecule has 0 aromatic carbocycles. The Kier molecular flexibility index (Phi) is 7.44. The van der Waals surface area contributed by atoms with Crippen LogP contribution in [0, 0.1) is 5.82 Å². The van der Waals surface area contributed by atoms with E-state index in [0.717, 1.165) is 31.9 Å². The maximum atomic E-state index is 14.6. The highest BCUT2D eigenvalue weighted by Crippen LogP contribution is 2.25. The Labute approximate surface area is 203 Å². The number of nitrogens with one attached hydrogen (secondary N) is 2. The van der Waals surface area contributed by atoms with E-state index in [1.54, 1.807) is 18.2 Å². The van der Waals surface area contributed by atoms with Gasteiger partial charge in [-0.2, -0.15) is 0 Å². The molecule has 10 nitrogen and oxygen atoms in total. The number of alkyl carbamates (subject to hydrolysis) is 1. The lowest BCUT2D eigenvalue weighted by Crippen LogP contribution is -2.42. The Morgan fingerprint density at radius 1 is 1.17 bits per heavy atom. The molecule has 2 fully saturated rings. The molecule has 2 aliphatic rings. The van der Waals surface area contributed by atoms with E-state index in [1.165, 1.54) is 4.90 Å². The average Bonchev–Trinajstić information content (AvgIpc) is 2.81. The number of carbonyl (C=O) groups excluding carboxylic acids is 2. The number of aromatic nitrogens is 3.